The molecule has 2 N–H and O–H groups in total. The molecule has 0 aromatic carbocycles. The molecule has 33 heavy (non-hydrogen) atoms. The van der Waals surface area contributed by atoms with Crippen LogP contribution in [0.1, 0.15) is 54.4 Å². The van der Waals surface area contributed by atoms with Crippen LogP contribution in [0.2, 0.25) is 0 Å². The highest BCUT2D eigenvalue weighted by atomic mass is 16.7. The molecular formula is C24H34O9. The first-order chi connectivity index (χ1) is 15.2. The summed E-state index contributed by atoms with van der Waals surface area (Å²) in [7, 11) is 0. The van der Waals surface area contributed by atoms with Crippen molar-refractivity contribution >= 4 is 17.9 Å². The number of carbonyl (C=O) groups is 3. The predicted molar refractivity (Wildman–Crippen MR) is 115 cm³/mol. The third-order valence-electron chi connectivity index (χ3n) is 6.93. The first kappa shape index (κ1) is 25.4. The molecular weight excluding hydrogens is 432 g/mol. The van der Waals surface area contributed by atoms with Gasteiger partial charge in [-0.1, -0.05) is 33.4 Å². The zero-order valence-electron chi connectivity index (χ0n) is 20.0. The van der Waals surface area contributed by atoms with Gasteiger partial charge < -0.3 is 29.2 Å². The van der Waals surface area contributed by atoms with E-state index in [4.69, 9.17) is 18.9 Å². The highest BCUT2D eigenvalue weighted by Crippen LogP contribution is 2.50. The molecule has 184 valence electrons. The van der Waals surface area contributed by atoms with Crippen molar-refractivity contribution in [1.82, 2.24) is 0 Å². The van der Waals surface area contributed by atoms with E-state index < -0.39 is 71.5 Å². The van der Waals surface area contributed by atoms with Gasteiger partial charge in [-0.3, -0.25) is 4.79 Å². The molecule has 2 bridgehead atoms. The number of ether oxygens (including phenoxy) is 4. The van der Waals surface area contributed by atoms with Gasteiger partial charge in [0, 0.05) is 23.5 Å². The van der Waals surface area contributed by atoms with E-state index in [1.165, 1.54) is 6.92 Å². The fourth-order valence-electron chi connectivity index (χ4n) is 4.81. The average molecular weight is 467 g/mol. The van der Waals surface area contributed by atoms with E-state index in [0.717, 1.165) is 0 Å². The lowest BCUT2D eigenvalue weighted by Crippen LogP contribution is -2.58. The quantitative estimate of drug-likeness (QED) is 0.362. The Morgan fingerprint density at radius 2 is 1.88 bits per heavy atom. The molecule has 0 saturated carbocycles. The second-order valence-electron chi connectivity index (χ2n) is 9.92. The summed E-state index contributed by atoms with van der Waals surface area (Å²) in [5, 5.41) is 23.1. The van der Waals surface area contributed by atoms with E-state index in [-0.39, 0.29) is 12.0 Å². The second kappa shape index (κ2) is 8.85. The van der Waals surface area contributed by atoms with Gasteiger partial charge in [-0.15, -0.1) is 0 Å². The Hall–Kier alpha value is -2.23. The van der Waals surface area contributed by atoms with Crippen LogP contribution in [0, 0.1) is 17.8 Å². The molecule has 8 unspecified atom stereocenters. The Kier molecular flexibility index (Phi) is 6.81. The minimum Gasteiger partial charge on any atom is -0.456 e. The van der Waals surface area contributed by atoms with Crippen LogP contribution in [0.3, 0.4) is 0 Å². The molecule has 0 aliphatic carbocycles. The minimum absolute atomic E-state index is 0.00935. The lowest BCUT2D eigenvalue weighted by atomic mass is 9.75. The Morgan fingerprint density at radius 3 is 2.45 bits per heavy atom. The van der Waals surface area contributed by atoms with Crippen molar-refractivity contribution in [2.45, 2.75) is 90.2 Å². The van der Waals surface area contributed by atoms with Crippen LogP contribution in [0.15, 0.2) is 23.8 Å². The van der Waals surface area contributed by atoms with E-state index in [2.05, 4.69) is 6.58 Å². The average Bonchev–Trinajstić information content (AvgIpc) is 3.17. The highest BCUT2D eigenvalue weighted by Gasteiger charge is 2.65. The van der Waals surface area contributed by atoms with Gasteiger partial charge in [0.2, 0.25) is 5.79 Å². The van der Waals surface area contributed by atoms with Gasteiger partial charge >= 0.3 is 17.9 Å². The van der Waals surface area contributed by atoms with Crippen LogP contribution in [0.25, 0.3) is 0 Å². The van der Waals surface area contributed by atoms with Gasteiger partial charge in [-0.25, -0.2) is 9.59 Å². The Bertz CT molecular complexity index is 873. The van der Waals surface area contributed by atoms with Crippen molar-refractivity contribution in [1.29, 1.82) is 0 Å². The van der Waals surface area contributed by atoms with Crippen LogP contribution in [0.4, 0.5) is 0 Å². The minimum atomic E-state index is -1.96. The lowest BCUT2D eigenvalue weighted by Gasteiger charge is -2.41. The smallest absolute Gasteiger partial charge is 0.334 e. The van der Waals surface area contributed by atoms with Gasteiger partial charge in [0.1, 0.15) is 5.60 Å². The number of esters is 3. The van der Waals surface area contributed by atoms with Crippen LogP contribution in [-0.2, 0) is 33.3 Å². The van der Waals surface area contributed by atoms with Crippen molar-refractivity contribution in [3.05, 3.63) is 23.8 Å². The first-order valence-corrected chi connectivity index (χ1v) is 11.3. The molecule has 3 aliphatic rings. The summed E-state index contributed by atoms with van der Waals surface area (Å²) in [6.45, 7) is 13.5. The molecule has 0 spiro atoms. The van der Waals surface area contributed by atoms with Gasteiger partial charge in [-0.05, 0) is 27.2 Å². The number of carbonyl (C=O) groups excluding carboxylic acids is 3. The maximum atomic E-state index is 12.7. The molecule has 8 atom stereocenters. The number of allylic oxidation sites excluding steroid dienone is 1. The zero-order chi connectivity index (χ0) is 24.9. The molecule has 0 amide bonds. The molecule has 9 nitrogen and oxygen atoms in total. The maximum Gasteiger partial charge on any atom is 0.334 e. The monoisotopic (exact) mass is 466 g/mol. The SMILES string of the molecule is C=C1C(=O)OC2C1C(OC(=O)C(C)C)C1(O)OC(CC1C)CC(C)(O)C2OC(=O)C(C)=CC. The summed E-state index contributed by atoms with van der Waals surface area (Å²) in [6, 6.07) is 0. The fourth-order valence-corrected chi connectivity index (χ4v) is 4.81. The number of hydrogen-bond acceptors (Lipinski definition) is 9. The molecule has 3 fully saturated rings. The lowest BCUT2D eigenvalue weighted by molar-refractivity contribution is -0.279. The summed E-state index contributed by atoms with van der Waals surface area (Å²) >= 11 is 0. The Balaban J connectivity index is 2.16. The standard InChI is InChI=1S/C24H34O9/c1-8-12(4)21(26)32-19-17-16(14(6)22(27)30-17)18(31-20(25)11(2)3)24(29)13(5)9-15(33-24)10-23(19,7)28/h8,11,13,15-19,28-29H,6,9-10H2,1-5,7H3. The largest absolute Gasteiger partial charge is 0.456 e. The van der Waals surface area contributed by atoms with Gasteiger partial charge in [0.15, 0.2) is 18.3 Å². The number of rotatable bonds is 4. The summed E-state index contributed by atoms with van der Waals surface area (Å²) < 4.78 is 22.9. The van der Waals surface area contributed by atoms with E-state index >= 15 is 0 Å². The number of fused-ring (bicyclic) bond motifs is 3. The molecule has 3 aliphatic heterocycles. The van der Waals surface area contributed by atoms with E-state index in [1.54, 1.807) is 40.7 Å². The van der Waals surface area contributed by atoms with Gasteiger partial charge in [-0.2, -0.15) is 0 Å². The number of aliphatic hydroxyl groups is 2. The molecule has 0 aromatic heterocycles. The molecule has 3 rings (SSSR count). The number of hydrogen-bond donors (Lipinski definition) is 2. The molecule has 3 saturated heterocycles. The van der Waals surface area contributed by atoms with Crippen LogP contribution in [-0.4, -0.2) is 63.9 Å². The summed E-state index contributed by atoms with van der Waals surface area (Å²) in [5.41, 5.74) is -1.45. The summed E-state index contributed by atoms with van der Waals surface area (Å²) in [5.74, 6) is -6.17. The van der Waals surface area contributed by atoms with Gasteiger partial charge in [0.05, 0.1) is 17.9 Å². The predicted octanol–water partition coefficient (Wildman–Crippen LogP) is 1.80. The summed E-state index contributed by atoms with van der Waals surface area (Å²) in [4.78, 5) is 37.9. The van der Waals surface area contributed by atoms with Crippen molar-refractivity contribution in [2.24, 2.45) is 17.8 Å². The third-order valence-corrected chi connectivity index (χ3v) is 6.93. The van der Waals surface area contributed by atoms with Crippen LogP contribution in [0.5, 0.6) is 0 Å². The van der Waals surface area contributed by atoms with Crippen molar-refractivity contribution in [3.63, 3.8) is 0 Å². The topological polar surface area (TPSA) is 129 Å². The fraction of sp³-hybridized carbons (Fsp3) is 0.708. The normalized spacial score (nSPS) is 41.1. The molecule has 0 aromatic rings. The third kappa shape index (κ3) is 4.46. The first-order valence-electron chi connectivity index (χ1n) is 11.3. The maximum absolute atomic E-state index is 12.7. The highest BCUT2D eigenvalue weighted by molar-refractivity contribution is 5.91. The van der Waals surface area contributed by atoms with Crippen molar-refractivity contribution < 1.29 is 43.5 Å². The van der Waals surface area contributed by atoms with Crippen LogP contribution >= 0.6 is 0 Å². The van der Waals surface area contributed by atoms with E-state index in [0.29, 0.717) is 12.0 Å². The van der Waals surface area contributed by atoms with E-state index in [9.17, 15) is 24.6 Å². The molecule has 3 heterocycles. The summed E-state index contributed by atoms with van der Waals surface area (Å²) in [6.07, 6.45) is -2.65. The second-order valence-corrected chi connectivity index (χ2v) is 9.92. The van der Waals surface area contributed by atoms with Gasteiger partial charge in [0.25, 0.3) is 0 Å². The zero-order valence-corrected chi connectivity index (χ0v) is 20.0. The Morgan fingerprint density at radius 1 is 1.24 bits per heavy atom. The van der Waals surface area contributed by atoms with E-state index in [1.807, 2.05) is 0 Å². The van der Waals surface area contributed by atoms with Crippen LogP contribution < -0.4 is 0 Å². The van der Waals surface area contributed by atoms with Crippen molar-refractivity contribution in [3.8, 4) is 0 Å². The molecule has 9 heteroatoms. The molecule has 0 radical (unpaired) electrons. The van der Waals surface area contributed by atoms with Crippen molar-refractivity contribution in [2.75, 3.05) is 0 Å². The Labute approximate surface area is 193 Å².